The van der Waals surface area contributed by atoms with Crippen molar-refractivity contribution in [3.8, 4) is 11.8 Å². The van der Waals surface area contributed by atoms with Crippen molar-refractivity contribution in [3.63, 3.8) is 0 Å². The van der Waals surface area contributed by atoms with E-state index in [1.165, 1.54) is 12.1 Å². The van der Waals surface area contributed by atoms with E-state index in [0.717, 1.165) is 10.9 Å². The summed E-state index contributed by atoms with van der Waals surface area (Å²) < 4.78 is 16.1. The molecule has 2 heterocycles. The molecule has 0 aliphatic heterocycles. The van der Waals surface area contributed by atoms with Gasteiger partial charge in [-0.25, -0.2) is 14.4 Å². The highest BCUT2D eigenvalue weighted by Gasteiger charge is 2.15. The predicted octanol–water partition coefficient (Wildman–Crippen LogP) is 4.57. The molecule has 0 amide bonds. The molecule has 0 fully saturated rings. The minimum absolute atomic E-state index is 0.424. The second kappa shape index (κ2) is 7.03. The number of aliphatic hydroxyl groups is 1. The molecule has 0 saturated carbocycles. The summed E-state index contributed by atoms with van der Waals surface area (Å²) in [4.78, 5) is 10.7. The smallest absolute Gasteiger partial charge is 0.159 e. The molecule has 0 radical (unpaired) electrons. The lowest BCUT2D eigenvalue weighted by Crippen LogP contribution is -2.15. The van der Waals surface area contributed by atoms with E-state index < -0.39 is 11.4 Å². The lowest BCUT2D eigenvalue weighted by molar-refractivity contribution is 0.143. The molecule has 0 aliphatic carbocycles. The quantitative estimate of drug-likeness (QED) is 0.494. The van der Waals surface area contributed by atoms with E-state index in [1.54, 1.807) is 43.4 Å². The number of hydrogen-bond acceptors (Lipinski definition) is 4. The summed E-state index contributed by atoms with van der Waals surface area (Å²) in [6.45, 7) is 3.16. The summed E-state index contributed by atoms with van der Waals surface area (Å²) in [6.07, 6.45) is 3.33. The lowest BCUT2D eigenvalue weighted by atomic mass is 10.1. The Morgan fingerprint density at radius 2 is 2.00 bits per heavy atom. The SMILES string of the molecule is CN(c1cc(F)cc(C#CC(C)(C)O)c1)c1nc2cncn2c2cc(Cl)ccc12. The van der Waals surface area contributed by atoms with Crippen LogP contribution in [-0.2, 0) is 0 Å². The Balaban J connectivity index is 1.88. The fourth-order valence-electron chi connectivity index (χ4n) is 3.06. The van der Waals surface area contributed by atoms with Crippen molar-refractivity contribution in [2.45, 2.75) is 19.4 Å². The van der Waals surface area contributed by atoms with E-state index in [0.29, 0.717) is 27.7 Å². The molecule has 2 aromatic carbocycles. The molecule has 7 heteroatoms. The van der Waals surface area contributed by atoms with Gasteiger partial charge in [-0.2, -0.15) is 0 Å². The van der Waals surface area contributed by atoms with Gasteiger partial charge in [0.05, 0.1) is 11.7 Å². The molecule has 0 saturated heterocycles. The largest absolute Gasteiger partial charge is 0.378 e. The normalized spacial score (nSPS) is 11.5. The summed E-state index contributed by atoms with van der Waals surface area (Å²) in [5, 5.41) is 11.3. The fourth-order valence-corrected chi connectivity index (χ4v) is 3.23. The molecule has 1 N–H and O–H groups in total. The van der Waals surface area contributed by atoms with Crippen molar-refractivity contribution in [1.29, 1.82) is 0 Å². The van der Waals surface area contributed by atoms with Crippen LogP contribution in [0.4, 0.5) is 15.9 Å². The number of halogens is 2. The maximum atomic E-state index is 14.3. The maximum Gasteiger partial charge on any atom is 0.159 e. The van der Waals surface area contributed by atoms with Gasteiger partial charge in [-0.05, 0) is 50.2 Å². The van der Waals surface area contributed by atoms with Gasteiger partial charge in [-0.3, -0.25) is 4.40 Å². The van der Waals surface area contributed by atoms with Crippen molar-refractivity contribution in [1.82, 2.24) is 14.4 Å². The first-order valence-corrected chi connectivity index (χ1v) is 9.30. The number of hydrogen-bond donors (Lipinski definition) is 1. The van der Waals surface area contributed by atoms with Crippen LogP contribution in [0.25, 0.3) is 16.6 Å². The molecule has 0 bridgehead atoms. The molecular formula is C22H18ClFN4O. The molecule has 0 aliphatic rings. The minimum Gasteiger partial charge on any atom is -0.378 e. The predicted molar refractivity (Wildman–Crippen MR) is 113 cm³/mol. The van der Waals surface area contributed by atoms with Gasteiger partial charge in [-0.1, -0.05) is 23.4 Å². The van der Waals surface area contributed by atoms with Gasteiger partial charge >= 0.3 is 0 Å². The van der Waals surface area contributed by atoms with Crippen molar-refractivity contribution in [3.05, 3.63) is 65.3 Å². The number of benzene rings is 2. The van der Waals surface area contributed by atoms with Crippen LogP contribution in [-0.4, -0.2) is 32.1 Å². The lowest BCUT2D eigenvalue weighted by Gasteiger charge is -2.21. The Morgan fingerprint density at radius 1 is 1.21 bits per heavy atom. The Hall–Kier alpha value is -3.14. The van der Waals surface area contributed by atoms with Crippen LogP contribution < -0.4 is 4.90 Å². The van der Waals surface area contributed by atoms with Gasteiger partial charge in [0.15, 0.2) is 5.65 Å². The number of imidazole rings is 1. The van der Waals surface area contributed by atoms with Crippen LogP contribution >= 0.6 is 11.6 Å². The fraction of sp³-hybridized carbons (Fsp3) is 0.182. The zero-order valence-electron chi connectivity index (χ0n) is 16.1. The van der Waals surface area contributed by atoms with E-state index in [2.05, 4.69) is 16.8 Å². The highest BCUT2D eigenvalue weighted by Crippen LogP contribution is 2.32. The molecule has 0 spiro atoms. The third-order valence-electron chi connectivity index (χ3n) is 4.40. The summed E-state index contributed by atoms with van der Waals surface area (Å²) in [7, 11) is 1.81. The number of nitrogens with zero attached hydrogens (tertiary/aromatic N) is 4. The number of aromatic nitrogens is 3. The van der Waals surface area contributed by atoms with Crippen LogP contribution in [0.15, 0.2) is 48.9 Å². The van der Waals surface area contributed by atoms with Crippen LogP contribution in [0.1, 0.15) is 19.4 Å². The number of fused-ring (bicyclic) bond motifs is 3. The first-order valence-electron chi connectivity index (χ1n) is 8.92. The van der Waals surface area contributed by atoms with Crippen molar-refractivity contribution in [2.24, 2.45) is 0 Å². The van der Waals surface area contributed by atoms with Gasteiger partial charge in [0.1, 0.15) is 23.6 Å². The first kappa shape index (κ1) is 19.2. The van der Waals surface area contributed by atoms with Gasteiger partial charge in [-0.15, -0.1) is 0 Å². The Bertz CT molecular complexity index is 1300. The number of anilines is 2. The molecule has 4 rings (SSSR count). The van der Waals surface area contributed by atoms with Gasteiger partial charge in [0.2, 0.25) is 0 Å². The highest BCUT2D eigenvalue weighted by atomic mass is 35.5. The second-order valence-corrected chi connectivity index (χ2v) is 7.72. The molecule has 0 atom stereocenters. The van der Waals surface area contributed by atoms with Crippen molar-refractivity contribution in [2.75, 3.05) is 11.9 Å². The van der Waals surface area contributed by atoms with Crippen molar-refractivity contribution >= 4 is 39.7 Å². The van der Waals surface area contributed by atoms with Crippen molar-refractivity contribution < 1.29 is 9.50 Å². The summed E-state index contributed by atoms with van der Waals surface area (Å²) >= 11 is 6.20. The van der Waals surface area contributed by atoms with Crippen LogP contribution in [0.5, 0.6) is 0 Å². The molecule has 2 aromatic heterocycles. The highest BCUT2D eigenvalue weighted by molar-refractivity contribution is 6.31. The minimum atomic E-state index is -1.16. The average Bonchev–Trinajstić information content (AvgIpc) is 3.13. The van der Waals surface area contributed by atoms with E-state index in [4.69, 9.17) is 16.6 Å². The monoisotopic (exact) mass is 408 g/mol. The van der Waals surface area contributed by atoms with Crippen LogP contribution in [0, 0.1) is 17.7 Å². The molecule has 0 unspecified atom stereocenters. The second-order valence-electron chi connectivity index (χ2n) is 7.28. The summed E-state index contributed by atoms with van der Waals surface area (Å²) in [6, 6.07) is 10.0. The molecular weight excluding hydrogens is 391 g/mol. The van der Waals surface area contributed by atoms with Crippen LogP contribution in [0.3, 0.4) is 0 Å². The van der Waals surface area contributed by atoms with E-state index in [9.17, 15) is 9.50 Å². The zero-order valence-corrected chi connectivity index (χ0v) is 16.9. The third kappa shape index (κ3) is 3.88. The summed E-state index contributed by atoms with van der Waals surface area (Å²) in [5.74, 6) is 5.74. The molecule has 29 heavy (non-hydrogen) atoms. The summed E-state index contributed by atoms with van der Waals surface area (Å²) in [5.41, 5.74) is 1.38. The maximum absolute atomic E-state index is 14.3. The topological polar surface area (TPSA) is 53.7 Å². The van der Waals surface area contributed by atoms with Gasteiger partial charge in [0.25, 0.3) is 0 Å². The molecule has 5 nitrogen and oxygen atoms in total. The van der Waals surface area contributed by atoms with Crippen LogP contribution in [0.2, 0.25) is 5.02 Å². The molecule has 4 aromatic rings. The third-order valence-corrected chi connectivity index (χ3v) is 4.64. The standard InChI is InChI=1S/C22H18ClFN4O/c1-22(2,29)7-6-14-8-16(24)11-17(9-14)27(3)21-18-5-4-15(23)10-19(18)28-13-25-12-20(28)26-21/h4-5,8-13,29H,1-3H3. The van der Waals surface area contributed by atoms with E-state index in [1.807, 2.05) is 23.6 Å². The van der Waals surface area contributed by atoms with E-state index >= 15 is 0 Å². The Kier molecular flexibility index (Phi) is 4.65. The zero-order chi connectivity index (χ0) is 20.8. The average molecular weight is 409 g/mol. The molecule has 146 valence electrons. The Labute approximate surface area is 172 Å². The first-order chi connectivity index (χ1) is 13.7. The Morgan fingerprint density at radius 3 is 2.76 bits per heavy atom. The van der Waals surface area contributed by atoms with Gasteiger partial charge < -0.3 is 10.0 Å². The van der Waals surface area contributed by atoms with Gasteiger partial charge in [0, 0.05) is 28.7 Å². The number of rotatable bonds is 2. The van der Waals surface area contributed by atoms with E-state index in [-0.39, 0.29) is 0 Å².